The second kappa shape index (κ2) is 12.4. The molecular weight excluding hydrogens is 262 g/mol. The number of hydrogen-bond donors (Lipinski definition) is 2. The van der Waals surface area contributed by atoms with Gasteiger partial charge in [0, 0.05) is 31.8 Å². The number of H-pyrrole nitrogens is 1. The standard InChI is InChI=1S/C17H31N3O/c1-2-3-4-5-6-7-8-9-10-11-17(21)20-13-12-16-18-14-15-19-16/h14-15H,2-13H2,1H3,(H,18,19)(H,20,21). The van der Waals surface area contributed by atoms with Gasteiger partial charge in [-0.1, -0.05) is 58.3 Å². The molecule has 4 nitrogen and oxygen atoms in total. The number of unbranched alkanes of at least 4 members (excludes halogenated alkanes) is 8. The SMILES string of the molecule is CCCCCCCCCCCC(=O)NCCc1ncc[nH]1. The van der Waals surface area contributed by atoms with Crippen LogP contribution in [0.2, 0.25) is 0 Å². The van der Waals surface area contributed by atoms with Gasteiger partial charge < -0.3 is 10.3 Å². The summed E-state index contributed by atoms with van der Waals surface area (Å²) >= 11 is 0. The maximum absolute atomic E-state index is 11.6. The fourth-order valence-electron chi connectivity index (χ4n) is 2.44. The summed E-state index contributed by atoms with van der Waals surface area (Å²) in [5, 5.41) is 2.95. The van der Waals surface area contributed by atoms with E-state index in [9.17, 15) is 4.79 Å². The first-order valence-corrected chi connectivity index (χ1v) is 8.58. The molecule has 0 radical (unpaired) electrons. The molecule has 1 heterocycles. The van der Waals surface area contributed by atoms with Gasteiger partial charge in [0.05, 0.1) is 0 Å². The van der Waals surface area contributed by atoms with Crippen molar-refractivity contribution in [3.05, 3.63) is 18.2 Å². The highest BCUT2D eigenvalue weighted by Crippen LogP contribution is 2.10. The number of aromatic amines is 1. The second-order valence-electron chi connectivity index (χ2n) is 5.71. The van der Waals surface area contributed by atoms with E-state index in [-0.39, 0.29) is 5.91 Å². The van der Waals surface area contributed by atoms with Crippen molar-refractivity contribution in [2.24, 2.45) is 0 Å². The van der Waals surface area contributed by atoms with Crippen molar-refractivity contribution >= 4 is 5.91 Å². The van der Waals surface area contributed by atoms with Crippen molar-refractivity contribution in [3.63, 3.8) is 0 Å². The molecule has 21 heavy (non-hydrogen) atoms. The Balaban J connectivity index is 1.83. The van der Waals surface area contributed by atoms with Gasteiger partial charge in [-0.3, -0.25) is 4.79 Å². The fourth-order valence-corrected chi connectivity index (χ4v) is 2.44. The lowest BCUT2D eigenvalue weighted by Crippen LogP contribution is -2.25. The summed E-state index contributed by atoms with van der Waals surface area (Å²) in [6.45, 7) is 2.92. The molecule has 4 heteroatoms. The summed E-state index contributed by atoms with van der Waals surface area (Å²) in [5.74, 6) is 1.10. The third-order valence-electron chi connectivity index (χ3n) is 3.75. The Morgan fingerprint density at radius 3 is 2.38 bits per heavy atom. The number of imidazole rings is 1. The first-order chi connectivity index (χ1) is 10.3. The highest BCUT2D eigenvalue weighted by Gasteiger charge is 2.01. The molecule has 0 atom stereocenters. The average molecular weight is 293 g/mol. The third-order valence-corrected chi connectivity index (χ3v) is 3.75. The smallest absolute Gasteiger partial charge is 0.220 e. The highest BCUT2D eigenvalue weighted by molar-refractivity contribution is 5.75. The molecule has 2 N–H and O–H groups in total. The number of amides is 1. The molecule has 0 aliphatic carbocycles. The van der Waals surface area contributed by atoms with Crippen molar-refractivity contribution in [1.82, 2.24) is 15.3 Å². The normalized spacial score (nSPS) is 10.7. The van der Waals surface area contributed by atoms with Crippen LogP contribution in [-0.4, -0.2) is 22.4 Å². The van der Waals surface area contributed by atoms with Crippen molar-refractivity contribution in [1.29, 1.82) is 0 Å². The molecule has 1 aromatic rings. The molecule has 0 bridgehead atoms. The lowest BCUT2D eigenvalue weighted by atomic mass is 10.1. The molecule has 0 spiro atoms. The number of rotatable bonds is 13. The van der Waals surface area contributed by atoms with Gasteiger partial charge in [-0.05, 0) is 6.42 Å². The maximum atomic E-state index is 11.6. The zero-order valence-corrected chi connectivity index (χ0v) is 13.5. The van der Waals surface area contributed by atoms with Crippen LogP contribution in [0.5, 0.6) is 0 Å². The minimum absolute atomic E-state index is 0.171. The summed E-state index contributed by atoms with van der Waals surface area (Å²) in [5.41, 5.74) is 0. The van der Waals surface area contributed by atoms with Crippen LogP contribution in [0, 0.1) is 0 Å². The molecular formula is C17H31N3O. The zero-order valence-electron chi connectivity index (χ0n) is 13.5. The number of carbonyl (C=O) groups is 1. The minimum atomic E-state index is 0.171. The van der Waals surface area contributed by atoms with Gasteiger partial charge in [0.25, 0.3) is 0 Å². The minimum Gasteiger partial charge on any atom is -0.356 e. The molecule has 0 aliphatic heterocycles. The number of nitrogens with zero attached hydrogens (tertiary/aromatic N) is 1. The monoisotopic (exact) mass is 293 g/mol. The first kappa shape index (κ1) is 17.7. The van der Waals surface area contributed by atoms with Crippen molar-refractivity contribution in [2.45, 2.75) is 77.6 Å². The van der Waals surface area contributed by atoms with E-state index >= 15 is 0 Å². The predicted molar refractivity (Wildman–Crippen MR) is 87.1 cm³/mol. The van der Waals surface area contributed by atoms with Crippen molar-refractivity contribution < 1.29 is 4.79 Å². The van der Waals surface area contributed by atoms with E-state index < -0.39 is 0 Å². The Kier molecular flexibility index (Phi) is 10.5. The van der Waals surface area contributed by atoms with Crippen LogP contribution in [0.15, 0.2) is 12.4 Å². The molecule has 0 aromatic carbocycles. The summed E-state index contributed by atoms with van der Waals surface area (Å²) in [6, 6.07) is 0. The summed E-state index contributed by atoms with van der Waals surface area (Å²) < 4.78 is 0. The van der Waals surface area contributed by atoms with Gasteiger partial charge in [0.2, 0.25) is 5.91 Å². The predicted octanol–water partition coefficient (Wildman–Crippen LogP) is 3.99. The Hall–Kier alpha value is -1.32. The van der Waals surface area contributed by atoms with Crippen molar-refractivity contribution in [2.75, 3.05) is 6.54 Å². The number of aromatic nitrogens is 2. The first-order valence-electron chi connectivity index (χ1n) is 8.58. The molecule has 1 rings (SSSR count). The summed E-state index contributed by atoms with van der Waals surface area (Å²) in [6.07, 6.45) is 16.6. The van der Waals surface area contributed by atoms with Gasteiger partial charge in [-0.25, -0.2) is 4.98 Å². The maximum Gasteiger partial charge on any atom is 0.220 e. The number of hydrogen-bond acceptors (Lipinski definition) is 2. The summed E-state index contributed by atoms with van der Waals surface area (Å²) in [4.78, 5) is 18.8. The van der Waals surface area contributed by atoms with Crippen LogP contribution >= 0.6 is 0 Å². The lowest BCUT2D eigenvalue weighted by Gasteiger charge is -2.04. The molecule has 0 unspecified atom stereocenters. The van der Waals surface area contributed by atoms with Crippen LogP contribution < -0.4 is 5.32 Å². The summed E-state index contributed by atoms with van der Waals surface area (Å²) in [7, 11) is 0. The topological polar surface area (TPSA) is 57.8 Å². The fraction of sp³-hybridized carbons (Fsp3) is 0.765. The average Bonchev–Trinajstić information content (AvgIpc) is 2.99. The number of carbonyl (C=O) groups excluding carboxylic acids is 1. The van der Waals surface area contributed by atoms with Crippen molar-refractivity contribution in [3.8, 4) is 0 Å². The van der Waals surface area contributed by atoms with E-state index in [1.807, 2.05) is 0 Å². The lowest BCUT2D eigenvalue weighted by molar-refractivity contribution is -0.121. The van der Waals surface area contributed by atoms with E-state index in [1.54, 1.807) is 12.4 Å². The molecule has 0 aliphatic rings. The van der Waals surface area contributed by atoms with E-state index in [0.717, 1.165) is 18.7 Å². The Morgan fingerprint density at radius 2 is 1.76 bits per heavy atom. The molecule has 1 amide bonds. The van der Waals surface area contributed by atoms with Gasteiger partial charge in [0.1, 0.15) is 5.82 Å². The Morgan fingerprint density at radius 1 is 1.10 bits per heavy atom. The Bertz CT molecular complexity index is 349. The van der Waals surface area contributed by atoms with Crippen LogP contribution in [0.3, 0.4) is 0 Å². The van der Waals surface area contributed by atoms with E-state index in [4.69, 9.17) is 0 Å². The van der Waals surface area contributed by atoms with Crippen LogP contribution in [0.1, 0.15) is 77.0 Å². The van der Waals surface area contributed by atoms with Gasteiger partial charge in [0.15, 0.2) is 0 Å². The van der Waals surface area contributed by atoms with Crippen LogP contribution in [0.4, 0.5) is 0 Å². The van der Waals surface area contributed by atoms with Crippen LogP contribution in [0.25, 0.3) is 0 Å². The molecule has 1 aromatic heterocycles. The van der Waals surface area contributed by atoms with Gasteiger partial charge >= 0.3 is 0 Å². The quantitative estimate of drug-likeness (QED) is 0.540. The molecule has 0 saturated carbocycles. The van der Waals surface area contributed by atoms with E-state index in [0.29, 0.717) is 13.0 Å². The third kappa shape index (κ3) is 10.1. The van der Waals surface area contributed by atoms with Gasteiger partial charge in [-0.15, -0.1) is 0 Å². The molecule has 0 fully saturated rings. The Labute approximate surface area is 129 Å². The van der Waals surface area contributed by atoms with E-state index in [1.165, 1.54) is 51.4 Å². The molecule has 120 valence electrons. The van der Waals surface area contributed by atoms with Gasteiger partial charge in [-0.2, -0.15) is 0 Å². The van der Waals surface area contributed by atoms with Crippen LogP contribution in [-0.2, 0) is 11.2 Å². The largest absolute Gasteiger partial charge is 0.356 e. The highest BCUT2D eigenvalue weighted by atomic mass is 16.1. The second-order valence-corrected chi connectivity index (χ2v) is 5.71. The molecule has 0 saturated heterocycles. The van der Waals surface area contributed by atoms with E-state index in [2.05, 4.69) is 22.2 Å². The zero-order chi connectivity index (χ0) is 15.2. The number of nitrogens with one attached hydrogen (secondary N) is 2.